The molecule has 7 heteroatoms. The number of anilines is 1. The molecule has 1 N–H and O–H groups in total. The molecular weight excluding hydrogens is 348 g/mol. The van der Waals surface area contributed by atoms with Crippen LogP contribution in [0.5, 0.6) is 11.5 Å². The standard InChI is InChI=1S/C19H20N4O2S/c1-3-24-16-9-13-8-12(2)25-17(13)10-14(16)11-21-19-23-22-18(26-19)15-6-4-5-7-20-15/h4-7,9-10,12H,3,8,11H2,1-2H3,(H,21,23). The predicted octanol–water partition coefficient (Wildman–Crippen LogP) is 3.93. The van der Waals surface area contributed by atoms with Gasteiger partial charge in [0.1, 0.15) is 23.3 Å². The van der Waals surface area contributed by atoms with E-state index in [1.165, 1.54) is 16.9 Å². The normalized spacial score (nSPS) is 15.4. The highest BCUT2D eigenvalue weighted by molar-refractivity contribution is 7.18. The molecule has 4 rings (SSSR count). The van der Waals surface area contributed by atoms with Gasteiger partial charge >= 0.3 is 0 Å². The minimum absolute atomic E-state index is 0.215. The number of benzene rings is 1. The van der Waals surface area contributed by atoms with Gasteiger partial charge in [-0.3, -0.25) is 4.98 Å². The van der Waals surface area contributed by atoms with Crippen molar-refractivity contribution in [2.45, 2.75) is 32.9 Å². The number of aromatic nitrogens is 3. The van der Waals surface area contributed by atoms with E-state index in [0.29, 0.717) is 13.2 Å². The Morgan fingerprint density at radius 1 is 1.31 bits per heavy atom. The van der Waals surface area contributed by atoms with Crippen molar-refractivity contribution in [3.63, 3.8) is 0 Å². The minimum atomic E-state index is 0.215. The van der Waals surface area contributed by atoms with Crippen molar-refractivity contribution in [2.24, 2.45) is 0 Å². The highest BCUT2D eigenvalue weighted by Crippen LogP contribution is 2.35. The first kappa shape index (κ1) is 16.8. The van der Waals surface area contributed by atoms with Gasteiger partial charge in [0.2, 0.25) is 5.13 Å². The van der Waals surface area contributed by atoms with Gasteiger partial charge in [0.25, 0.3) is 0 Å². The second-order valence-electron chi connectivity index (χ2n) is 6.11. The molecule has 26 heavy (non-hydrogen) atoms. The van der Waals surface area contributed by atoms with Crippen molar-refractivity contribution in [1.29, 1.82) is 0 Å². The van der Waals surface area contributed by atoms with Crippen LogP contribution in [0.25, 0.3) is 10.7 Å². The third-order valence-electron chi connectivity index (χ3n) is 4.12. The van der Waals surface area contributed by atoms with Crippen LogP contribution < -0.4 is 14.8 Å². The molecule has 0 spiro atoms. The van der Waals surface area contributed by atoms with E-state index in [9.17, 15) is 0 Å². The van der Waals surface area contributed by atoms with Crippen molar-refractivity contribution >= 4 is 16.5 Å². The highest BCUT2D eigenvalue weighted by atomic mass is 32.1. The molecule has 1 aliphatic heterocycles. The smallest absolute Gasteiger partial charge is 0.206 e. The van der Waals surface area contributed by atoms with Crippen LogP contribution in [0.1, 0.15) is 25.0 Å². The Bertz CT molecular complexity index is 898. The van der Waals surface area contributed by atoms with Crippen LogP contribution in [-0.4, -0.2) is 27.9 Å². The Labute approximate surface area is 156 Å². The fourth-order valence-corrected chi connectivity index (χ4v) is 3.68. The number of hydrogen-bond acceptors (Lipinski definition) is 7. The van der Waals surface area contributed by atoms with Gasteiger partial charge in [-0.15, -0.1) is 10.2 Å². The lowest BCUT2D eigenvalue weighted by Gasteiger charge is -2.12. The van der Waals surface area contributed by atoms with Gasteiger partial charge in [-0.25, -0.2) is 0 Å². The van der Waals surface area contributed by atoms with Crippen LogP contribution in [0.15, 0.2) is 36.5 Å². The van der Waals surface area contributed by atoms with Gasteiger partial charge in [0.05, 0.1) is 6.61 Å². The van der Waals surface area contributed by atoms with Crippen LogP contribution >= 0.6 is 11.3 Å². The van der Waals surface area contributed by atoms with E-state index in [4.69, 9.17) is 9.47 Å². The second kappa shape index (κ2) is 7.29. The summed E-state index contributed by atoms with van der Waals surface area (Å²) in [5, 5.41) is 13.3. The van der Waals surface area contributed by atoms with Gasteiger partial charge in [-0.2, -0.15) is 0 Å². The SMILES string of the molecule is CCOc1cc2c(cc1CNc1nnc(-c3ccccn3)s1)OC(C)C2. The van der Waals surface area contributed by atoms with Gasteiger partial charge in [0, 0.05) is 30.3 Å². The summed E-state index contributed by atoms with van der Waals surface area (Å²) in [4.78, 5) is 4.31. The van der Waals surface area contributed by atoms with Crippen molar-refractivity contribution in [3.05, 3.63) is 47.7 Å². The number of pyridine rings is 1. The summed E-state index contributed by atoms with van der Waals surface area (Å²) in [6.45, 7) is 5.30. The molecule has 1 unspecified atom stereocenters. The summed E-state index contributed by atoms with van der Waals surface area (Å²) in [6.07, 6.45) is 2.89. The van der Waals surface area contributed by atoms with Crippen LogP contribution in [0.3, 0.4) is 0 Å². The maximum absolute atomic E-state index is 5.88. The predicted molar refractivity (Wildman–Crippen MR) is 102 cm³/mol. The molecule has 1 aromatic carbocycles. The van der Waals surface area contributed by atoms with Crippen molar-refractivity contribution in [2.75, 3.05) is 11.9 Å². The molecule has 134 valence electrons. The zero-order valence-electron chi connectivity index (χ0n) is 14.7. The molecule has 0 saturated carbocycles. The zero-order chi connectivity index (χ0) is 17.9. The number of hydrogen-bond donors (Lipinski definition) is 1. The molecule has 0 radical (unpaired) electrons. The summed E-state index contributed by atoms with van der Waals surface area (Å²) in [7, 11) is 0. The first-order valence-electron chi connectivity index (χ1n) is 8.67. The monoisotopic (exact) mass is 368 g/mol. The van der Waals surface area contributed by atoms with Crippen LogP contribution in [-0.2, 0) is 13.0 Å². The first-order valence-corrected chi connectivity index (χ1v) is 9.48. The van der Waals surface area contributed by atoms with Gasteiger partial charge < -0.3 is 14.8 Å². The third-order valence-corrected chi connectivity index (χ3v) is 5.02. The van der Waals surface area contributed by atoms with Crippen LogP contribution in [0, 0.1) is 0 Å². The summed E-state index contributed by atoms with van der Waals surface area (Å²) in [6, 6.07) is 9.92. The molecule has 1 aliphatic rings. The maximum Gasteiger partial charge on any atom is 0.206 e. The quantitative estimate of drug-likeness (QED) is 0.711. The number of ether oxygens (including phenoxy) is 2. The molecule has 1 atom stereocenters. The molecule has 3 heterocycles. The average Bonchev–Trinajstić information content (AvgIpc) is 3.26. The Balaban J connectivity index is 1.51. The zero-order valence-corrected chi connectivity index (χ0v) is 15.5. The van der Waals surface area contributed by atoms with Crippen molar-refractivity contribution < 1.29 is 9.47 Å². The number of rotatable bonds is 6. The second-order valence-corrected chi connectivity index (χ2v) is 7.09. The van der Waals surface area contributed by atoms with E-state index in [2.05, 4.69) is 39.6 Å². The van der Waals surface area contributed by atoms with Crippen molar-refractivity contribution in [3.8, 4) is 22.2 Å². The lowest BCUT2D eigenvalue weighted by Crippen LogP contribution is -2.05. The molecule has 0 saturated heterocycles. The van der Waals surface area contributed by atoms with Gasteiger partial charge in [-0.1, -0.05) is 17.4 Å². The molecule has 3 aromatic rings. The topological polar surface area (TPSA) is 69.2 Å². The average molecular weight is 368 g/mol. The minimum Gasteiger partial charge on any atom is -0.494 e. The van der Waals surface area contributed by atoms with Crippen LogP contribution in [0.4, 0.5) is 5.13 Å². The molecule has 0 bridgehead atoms. The maximum atomic E-state index is 5.88. The van der Waals surface area contributed by atoms with E-state index < -0.39 is 0 Å². The Morgan fingerprint density at radius 2 is 2.23 bits per heavy atom. The number of nitrogens with one attached hydrogen (secondary N) is 1. The number of fused-ring (bicyclic) bond motifs is 1. The van der Waals surface area contributed by atoms with E-state index >= 15 is 0 Å². The number of nitrogens with zero attached hydrogens (tertiary/aromatic N) is 3. The molecule has 2 aromatic heterocycles. The fraction of sp³-hybridized carbons (Fsp3) is 0.316. The Hall–Kier alpha value is -2.67. The largest absolute Gasteiger partial charge is 0.494 e. The first-order chi connectivity index (χ1) is 12.7. The fourth-order valence-electron chi connectivity index (χ4n) is 2.97. The van der Waals surface area contributed by atoms with E-state index in [1.807, 2.05) is 25.1 Å². The van der Waals surface area contributed by atoms with E-state index in [1.54, 1.807) is 6.20 Å². The summed E-state index contributed by atoms with van der Waals surface area (Å²) >= 11 is 1.48. The summed E-state index contributed by atoms with van der Waals surface area (Å²) < 4.78 is 11.7. The molecule has 0 fully saturated rings. The molecular formula is C19H20N4O2S. The molecule has 0 aliphatic carbocycles. The van der Waals surface area contributed by atoms with Crippen molar-refractivity contribution in [1.82, 2.24) is 15.2 Å². The lowest BCUT2D eigenvalue weighted by molar-refractivity contribution is 0.254. The molecule has 6 nitrogen and oxygen atoms in total. The summed E-state index contributed by atoms with van der Waals surface area (Å²) in [5.41, 5.74) is 3.08. The Kier molecular flexibility index (Phi) is 4.71. The third kappa shape index (κ3) is 3.48. The van der Waals surface area contributed by atoms with E-state index in [-0.39, 0.29) is 6.10 Å². The van der Waals surface area contributed by atoms with E-state index in [0.717, 1.165) is 39.3 Å². The van der Waals surface area contributed by atoms with Crippen LogP contribution in [0.2, 0.25) is 0 Å². The van der Waals surface area contributed by atoms with Gasteiger partial charge in [-0.05, 0) is 38.1 Å². The highest BCUT2D eigenvalue weighted by Gasteiger charge is 2.22. The van der Waals surface area contributed by atoms with Gasteiger partial charge in [0.15, 0.2) is 5.01 Å². The molecule has 0 amide bonds. The Morgan fingerprint density at radius 3 is 3.04 bits per heavy atom. The summed E-state index contributed by atoms with van der Waals surface area (Å²) in [5.74, 6) is 1.84. The lowest BCUT2D eigenvalue weighted by atomic mass is 10.1.